The molecule has 1 aromatic heterocycles. The predicted octanol–water partition coefficient (Wildman–Crippen LogP) is 4.04. The quantitative estimate of drug-likeness (QED) is 0.680. The number of nitrogens with one attached hydrogen (secondary N) is 1. The molecule has 0 spiro atoms. The van der Waals surface area contributed by atoms with Gasteiger partial charge in [-0.25, -0.2) is 4.98 Å². The maximum Gasteiger partial charge on any atom is 0.275 e. The van der Waals surface area contributed by atoms with Crippen molar-refractivity contribution in [2.45, 2.75) is 33.6 Å². The Hall–Kier alpha value is -2.28. The summed E-state index contributed by atoms with van der Waals surface area (Å²) in [6, 6.07) is 3.05. The lowest BCUT2D eigenvalue weighted by molar-refractivity contribution is -0.386. The molecule has 116 valence electrons. The molecule has 7 heteroatoms. The van der Waals surface area contributed by atoms with Gasteiger partial charge in [-0.3, -0.25) is 20.2 Å². The van der Waals surface area contributed by atoms with E-state index in [1.165, 1.54) is 23.5 Å². The smallest absolute Gasteiger partial charge is 0.275 e. The second kappa shape index (κ2) is 6.23. The van der Waals surface area contributed by atoms with Crippen molar-refractivity contribution in [3.05, 3.63) is 50.0 Å². The Morgan fingerprint density at radius 2 is 1.91 bits per heavy atom. The van der Waals surface area contributed by atoms with Gasteiger partial charge in [0.1, 0.15) is 0 Å². The number of rotatable bonds is 4. The number of carbonyl (C=O) groups is 1. The lowest BCUT2D eigenvalue weighted by Crippen LogP contribution is -2.12. The highest BCUT2D eigenvalue weighted by atomic mass is 32.1. The first-order valence-corrected chi connectivity index (χ1v) is 7.64. The highest BCUT2D eigenvalue weighted by molar-refractivity contribution is 7.15. The first-order valence-electron chi connectivity index (χ1n) is 6.82. The van der Waals surface area contributed by atoms with Crippen molar-refractivity contribution in [3.63, 3.8) is 0 Å². The molecule has 0 bridgehead atoms. The number of nitro benzene ring substituents is 1. The summed E-state index contributed by atoms with van der Waals surface area (Å²) in [5.41, 5.74) is 1.38. The van der Waals surface area contributed by atoms with Crippen LogP contribution in [0.4, 0.5) is 10.8 Å². The standard InChI is InChI=1S/C15H17N3O3S/c1-8(2)12-7-16-15(22-12)17-14(19)11-5-9(3)13(18(20)21)10(4)6-11/h5-8H,1-4H3,(H,16,17,19). The van der Waals surface area contributed by atoms with Crippen LogP contribution in [0, 0.1) is 24.0 Å². The summed E-state index contributed by atoms with van der Waals surface area (Å²) in [7, 11) is 0. The molecule has 0 aliphatic heterocycles. The van der Waals surface area contributed by atoms with Gasteiger partial charge in [0.2, 0.25) is 0 Å². The topological polar surface area (TPSA) is 85.1 Å². The molecule has 0 aliphatic carbocycles. The molecule has 0 unspecified atom stereocenters. The average Bonchev–Trinajstić information content (AvgIpc) is 2.85. The second-order valence-electron chi connectivity index (χ2n) is 5.39. The van der Waals surface area contributed by atoms with E-state index < -0.39 is 4.92 Å². The molecule has 1 heterocycles. The van der Waals surface area contributed by atoms with E-state index >= 15 is 0 Å². The molecule has 0 fully saturated rings. The van der Waals surface area contributed by atoms with Gasteiger partial charge < -0.3 is 0 Å². The average molecular weight is 319 g/mol. The normalized spacial score (nSPS) is 10.8. The third kappa shape index (κ3) is 3.30. The number of aryl methyl sites for hydroxylation is 2. The SMILES string of the molecule is Cc1cc(C(=O)Nc2ncc(C(C)C)s2)cc(C)c1[N+](=O)[O-]. The number of hydrogen-bond acceptors (Lipinski definition) is 5. The summed E-state index contributed by atoms with van der Waals surface area (Å²) in [5.74, 6) is 0.0396. The molecule has 22 heavy (non-hydrogen) atoms. The highest BCUT2D eigenvalue weighted by Gasteiger charge is 2.18. The number of amides is 1. The van der Waals surface area contributed by atoms with E-state index in [2.05, 4.69) is 24.1 Å². The number of thiazole rings is 1. The summed E-state index contributed by atoms with van der Waals surface area (Å²) in [4.78, 5) is 28.1. The number of aromatic nitrogens is 1. The predicted molar refractivity (Wildman–Crippen MR) is 86.7 cm³/mol. The fraction of sp³-hybridized carbons (Fsp3) is 0.333. The molecule has 2 rings (SSSR count). The Bertz CT molecular complexity index is 714. The molecule has 6 nitrogen and oxygen atoms in total. The Kier molecular flexibility index (Phi) is 4.56. The van der Waals surface area contributed by atoms with Crippen LogP contribution in [-0.4, -0.2) is 15.8 Å². The third-order valence-electron chi connectivity index (χ3n) is 3.25. The maximum atomic E-state index is 12.3. The van der Waals surface area contributed by atoms with Gasteiger partial charge in [0, 0.05) is 27.8 Å². The molecule has 0 radical (unpaired) electrons. The summed E-state index contributed by atoms with van der Waals surface area (Å²) < 4.78 is 0. The third-order valence-corrected chi connectivity index (χ3v) is 4.46. The minimum absolute atomic E-state index is 0.0490. The summed E-state index contributed by atoms with van der Waals surface area (Å²) in [5, 5.41) is 14.2. The molecular weight excluding hydrogens is 302 g/mol. The summed E-state index contributed by atoms with van der Waals surface area (Å²) in [6.45, 7) is 7.37. The molecule has 0 saturated heterocycles. The van der Waals surface area contributed by atoms with Gasteiger partial charge in [-0.05, 0) is 31.9 Å². The Labute approximate surface area is 132 Å². The molecular formula is C15H17N3O3S. The van der Waals surface area contributed by atoms with Gasteiger partial charge in [0.15, 0.2) is 5.13 Å². The van der Waals surface area contributed by atoms with E-state index in [1.54, 1.807) is 20.0 Å². The van der Waals surface area contributed by atoms with Crippen LogP contribution < -0.4 is 5.32 Å². The molecule has 0 aliphatic rings. The minimum Gasteiger partial charge on any atom is -0.298 e. The molecule has 0 saturated carbocycles. The van der Waals surface area contributed by atoms with Crippen LogP contribution >= 0.6 is 11.3 Å². The first-order chi connectivity index (χ1) is 10.3. The van der Waals surface area contributed by atoms with Crippen molar-refractivity contribution in [3.8, 4) is 0 Å². The molecule has 1 aromatic carbocycles. The van der Waals surface area contributed by atoms with E-state index in [1.807, 2.05) is 0 Å². The zero-order chi connectivity index (χ0) is 16.4. The zero-order valence-electron chi connectivity index (χ0n) is 12.8. The maximum absolute atomic E-state index is 12.3. The van der Waals surface area contributed by atoms with Crippen LogP contribution in [-0.2, 0) is 0 Å². The number of nitro groups is 1. The van der Waals surface area contributed by atoms with Gasteiger partial charge in [-0.15, -0.1) is 11.3 Å². The van der Waals surface area contributed by atoms with Crippen molar-refractivity contribution in [2.24, 2.45) is 0 Å². The van der Waals surface area contributed by atoms with Gasteiger partial charge >= 0.3 is 0 Å². The summed E-state index contributed by atoms with van der Waals surface area (Å²) in [6.07, 6.45) is 1.75. The summed E-state index contributed by atoms with van der Waals surface area (Å²) >= 11 is 1.43. The molecule has 0 atom stereocenters. The minimum atomic E-state index is -0.428. The Morgan fingerprint density at radius 3 is 2.36 bits per heavy atom. The highest BCUT2D eigenvalue weighted by Crippen LogP contribution is 2.27. The van der Waals surface area contributed by atoms with Crippen LogP contribution in [0.25, 0.3) is 0 Å². The fourth-order valence-electron chi connectivity index (χ4n) is 2.16. The monoisotopic (exact) mass is 319 g/mol. The Morgan fingerprint density at radius 1 is 1.32 bits per heavy atom. The van der Waals surface area contributed by atoms with Crippen LogP contribution in [0.1, 0.15) is 46.1 Å². The molecule has 2 aromatic rings. The van der Waals surface area contributed by atoms with Crippen molar-refractivity contribution in [2.75, 3.05) is 5.32 Å². The fourth-order valence-corrected chi connectivity index (χ4v) is 2.97. The van der Waals surface area contributed by atoms with Gasteiger partial charge in [0.05, 0.1) is 4.92 Å². The second-order valence-corrected chi connectivity index (χ2v) is 6.45. The van der Waals surface area contributed by atoms with Gasteiger partial charge in [0.25, 0.3) is 11.6 Å². The number of nitrogens with zero attached hydrogens (tertiary/aromatic N) is 2. The number of anilines is 1. The lowest BCUT2D eigenvalue weighted by atomic mass is 10.0. The van der Waals surface area contributed by atoms with Crippen LogP contribution in [0.3, 0.4) is 0 Å². The van der Waals surface area contributed by atoms with Crippen molar-refractivity contribution in [1.29, 1.82) is 0 Å². The Balaban J connectivity index is 2.24. The van der Waals surface area contributed by atoms with Crippen molar-refractivity contribution in [1.82, 2.24) is 4.98 Å². The van der Waals surface area contributed by atoms with E-state index in [0.717, 1.165) is 4.88 Å². The number of hydrogen-bond donors (Lipinski definition) is 1. The van der Waals surface area contributed by atoms with E-state index in [4.69, 9.17) is 0 Å². The zero-order valence-corrected chi connectivity index (χ0v) is 13.7. The first kappa shape index (κ1) is 16.1. The van der Waals surface area contributed by atoms with Crippen LogP contribution in [0.5, 0.6) is 0 Å². The van der Waals surface area contributed by atoms with Gasteiger partial charge in [-0.1, -0.05) is 13.8 Å². The lowest BCUT2D eigenvalue weighted by Gasteiger charge is -2.06. The van der Waals surface area contributed by atoms with Gasteiger partial charge in [-0.2, -0.15) is 0 Å². The van der Waals surface area contributed by atoms with Crippen LogP contribution in [0.2, 0.25) is 0 Å². The molecule has 1 N–H and O–H groups in total. The van der Waals surface area contributed by atoms with Crippen molar-refractivity contribution >= 4 is 28.1 Å². The molecule has 1 amide bonds. The van der Waals surface area contributed by atoms with E-state index in [0.29, 0.717) is 27.7 Å². The van der Waals surface area contributed by atoms with Crippen LogP contribution in [0.15, 0.2) is 18.3 Å². The number of carbonyl (C=O) groups excluding carboxylic acids is 1. The number of benzene rings is 1. The van der Waals surface area contributed by atoms with E-state index in [9.17, 15) is 14.9 Å². The van der Waals surface area contributed by atoms with E-state index in [-0.39, 0.29) is 11.6 Å². The van der Waals surface area contributed by atoms with Crippen molar-refractivity contribution < 1.29 is 9.72 Å². The largest absolute Gasteiger partial charge is 0.298 e.